The number of hydrogen-bond donors (Lipinski definition) is 3. The maximum atomic E-state index is 12.7. The van der Waals surface area contributed by atoms with Crippen molar-refractivity contribution in [1.82, 2.24) is 5.32 Å². The Morgan fingerprint density at radius 2 is 2.00 bits per heavy atom. The van der Waals surface area contributed by atoms with Gasteiger partial charge in [0.15, 0.2) is 11.5 Å². The highest BCUT2D eigenvalue weighted by atomic mass is 16.3. The van der Waals surface area contributed by atoms with Crippen LogP contribution in [0, 0.1) is 23.2 Å². The Morgan fingerprint density at radius 3 is 2.62 bits per heavy atom. The van der Waals surface area contributed by atoms with E-state index in [0.29, 0.717) is 24.8 Å². The molecule has 0 aromatic heterocycles. The van der Waals surface area contributed by atoms with Crippen LogP contribution in [0.4, 0.5) is 0 Å². The minimum Gasteiger partial charge on any atom is -0.504 e. The average Bonchev–Trinajstić information content (AvgIpc) is 2.49. The molecule has 2 rings (SSSR count). The van der Waals surface area contributed by atoms with Crippen molar-refractivity contribution >= 4 is 5.91 Å². The van der Waals surface area contributed by atoms with E-state index in [0.717, 1.165) is 18.4 Å². The second-order valence-corrected chi connectivity index (χ2v) is 8.29. The number of phenolic OH excluding ortho intramolecular Hbond substituents is 2. The van der Waals surface area contributed by atoms with Gasteiger partial charge in [0.05, 0.1) is 0 Å². The molecule has 1 aromatic carbocycles. The van der Waals surface area contributed by atoms with E-state index in [4.69, 9.17) is 0 Å². The molecule has 3 N–H and O–H groups in total. The summed E-state index contributed by atoms with van der Waals surface area (Å²) < 4.78 is 0. The zero-order valence-electron chi connectivity index (χ0n) is 15.3. The Hall–Kier alpha value is -1.71. The SMILES string of the molecule is CC(C)C1CCC(C)(C)CC1C(=O)NCCc1ccc(O)c(O)c1. The Morgan fingerprint density at radius 1 is 1.29 bits per heavy atom. The Labute approximate surface area is 145 Å². The molecule has 0 heterocycles. The summed E-state index contributed by atoms with van der Waals surface area (Å²) in [4.78, 5) is 12.7. The largest absolute Gasteiger partial charge is 0.504 e. The van der Waals surface area contributed by atoms with Crippen molar-refractivity contribution in [3.63, 3.8) is 0 Å². The molecule has 4 nitrogen and oxygen atoms in total. The molecule has 1 aromatic rings. The van der Waals surface area contributed by atoms with E-state index in [1.54, 1.807) is 12.1 Å². The first kappa shape index (κ1) is 18.6. The van der Waals surface area contributed by atoms with Gasteiger partial charge in [-0.1, -0.05) is 33.8 Å². The lowest BCUT2D eigenvalue weighted by molar-refractivity contribution is -0.130. The van der Waals surface area contributed by atoms with E-state index in [9.17, 15) is 15.0 Å². The lowest BCUT2D eigenvalue weighted by Crippen LogP contribution is -2.43. The Kier molecular flexibility index (Phi) is 5.79. The summed E-state index contributed by atoms with van der Waals surface area (Å²) in [6.07, 6.45) is 3.89. The molecule has 1 amide bonds. The van der Waals surface area contributed by atoms with Crippen molar-refractivity contribution in [1.29, 1.82) is 0 Å². The van der Waals surface area contributed by atoms with Gasteiger partial charge in [0, 0.05) is 12.5 Å². The molecule has 2 unspecified atom stereocenters. The molecule has 0 radical (unpaired) electrons. The summed E-state index contributed by atoms with van der Waals surface area (Å²) in [5.74, 6) is 0.979. The van der Waals surface area contributed by atoms with Gasteiger partial charge in [-0.05, 0) is 60.6 Å². The molecular weight excluding hydrogens is 302 g/mol. The zero-order chi connectivity index (χ0) is 17.9. The molecule has 0 spiro atoms. The van der Waals surface area contributed by atoms with Gasteiger partial charge in [-0.2, -0.15) is 0 Å². The average molecular weight is 333 g/mol. The maximum Gasteiger partial charge on any atom is 0.223 e. The molecule has 2 atom stereocenters. The molecule has 134 valence electrons. The van der Waals surface area contributed by atoms with Gasteiger partial charge >= 0.3 is 0 Å². The van der Waals surface area contributed by atoms with Crippen LogP contribution in [0.15, 0.2) is 18.2 Å². The highest BCUT2D eigenvalue weighted by Crippen LogP contribution is 2.44. The van der Waals surface area contributed by atoms with Gasteiger partial charge in [-0.15, -0.1) is 0 Å². The first-order chi connectivity index (χ1) is 11.2. The highest BCUT2D eigenvalue weighted by molar-refractivity contribution is 5.79. The molecular formula is C20H31NO3. The normalized spacial score (nSPS) is 23.2. The molecule has 0 aliphatic heterocycles. The number of hydrogen-bond acceptors (Lipinski definition) is 3. The Balaban J connectivity index is 1.93. The van der Waals surface area contributed by atoms with Gasteiger partial charge in [0.1, 0.15) is 0 Å². The third-order valence-electron chi connectivity index (χ3n) is 5.39. The maximum absolute atomic E-state index is 12.7. The van der Waals surface area contributed by atoms with Crippen LogP contribution >= 0.6 is 0 Å². The summed E-state index contributed by atoms with van der Waals surface area (Å²) in [6.45, 7) is 9.47. The van der Waals surface area contributed by atoms with Crippen LogP contribution in [-0.4, -0.2) is 22.7 Å². The lowest BCUT2D eigenvalue weighted by atomic mass is 9.64. The van der Waals surface area contributed by atoms with Crippen molar-refractivity contribution in [3.8, 4) is 11.5 Å². The monoisotopic (exact) mass is 333 g/mol. The van der Waals surface area contributed by atoms with Crippen molar-refractivity contribution in [2.24, 2.45) is 23.2 Å². The van der Waals surface area contributed by atoms with Gasteiger partial charge in [0.2, 0.25) is 5.91 Å². The van der Waals surface area contributed by atoms with Crippen LogP contribution in [0.1, 0.15) is 52.5 Å². The van der Waals surface area contributed by atoms with Gasteiger partial charge in [-0.3, -0.25) is 4.79 Å². The fourth-order valence-electron chi connectivity index (χ4n) is 3.88. The number of carbonyl (C=O) groups is 1. The van der Waals surface area contributed by atoms with E-state index < -0.39 is 0 Å². The van der Waals surface area contributed by atoms with Crippen LogP contribution in [0.25, 0.3) is 0 Å². The zero-order valence-corrected chi connectivity index (χ0v) is 15.3. The number of phenols is 2. The molecule has 0 saturated heterocycles. The fourth-order valence-corrected chi connectivity index (χ4v) is 3.88. The summed E-state index contributed by atoms with van der Waals surface area (Å²) in [5.41, 5.74) is 1.13. The van der Waals surface area contributed by atoms with Gasteiger partial charge in [0.25, 0.3) is 0 Å². The standard InChI is InChI=1S/C20H31NO3/c1-13(2)15-7-9-20(3,4)12-16(15)19(24)21-10-8-14-5-6-17(22)18(23)11-14/h5-6,11,13,15-16,22-23H,7-10,12H2,1-4H3,(H,21,24). The number of benzene rings is 1. The minimum atomic E-state index is -0.119. The molecule has 1 aliphatic rings. The second kappa shape index (κ2) is 7.45. The highest BCUT2D eigenvalue weighted by Gasteiger charge is 2.39. The number of carbonyl (C=O) groups excluding carboxylic acids is 1. The fraction of sp³-hybridized carbons (Fsp3) is 0.650. The molecule has 1 aliphatic carbocycles. The van der Waals surface area contributed by atoms with Crippen LogP contribution in [0.2, 0.25) is 0 Å². The molecule has 24 heavy (non-hydrogen) atoms. The van der Waals surface area contributed by atoms with E-state index in [-0.39, 0.29) is 28.7 Å². The minimum absolute atomic E-state index is 0.0852. The molecule has 1 saturated carbocycles. The molecule has 1 fully saturated rings. The second-order valence-electron chi connectivity index (χ2n) is 8.29. The summed E-state index contributed by atoms with van der Waals surface area (Å²) in [7, 11) is 0. The topological polar surface area (TPSA) is 69.6 Å². The van der Waals surface area contributed by atoms with E-state index >= 15 is 0 Å². The molecule has 4 heteroatoms. The van der Waals surface area contributed by atoms with Gasteiger partial charge in [-0.25, -0.2) is 0 Å². The number of aromatic hydroxyl groups is 2. The lowest BCUT2D eigenvalue weighted by Gasteiger charge is -2.41. The number of rotatable bonds is 5. The van der Waals surface area contributed by atoms with E-state index in [2.05, 4.69) is 33.0 Å². The Bertz CT molecular complexity index is 580. The predicted molar refractivity (Wildman–Crippen MR) is 95.9 cm³/mol. The number of nitrogens with one attached hydrogen (secondary N) is 1. The van der Waals surface area contributed by atoms with Crippen molar-refractivity contribution < 1.29 is 15.0 Å². The predicted octanol–water partition coefficient (Wildman–Crippen LogP) is 3.86. The summed E-state index contributed by atoms with van der Waals surface area (Å²) in [6, 6.07) is 4.79. The smallest absolute Gasteiger partial charge is 0.223 e. The molecule has 0 bridgehead atoms. The summed E-state index contributed by atoms with van der Waals surface area (Å²) >= 11 is 0. The van der Waals surface area contributed by atoms with Crippen LogP contribution in [0.5, 0.6) is 11.5 Å². The van der Waals surface area contributed by atoms with Crippen molar-refractivity contribution in [2.45, 2.75) is 53.4 Å². The first-order valence-corrected chi connectivity index (χ1v) is 8.98. The van der Waals surface area contributed by atoms with Crippen molar-refractivity contribution in [3.05, 3.63) is 23.8 Å². The van der Waals surface area contributed by atoms with E-state index in [1.807, 2.05) is 0 Å². The third-order valence-corrected chi connectivity index (χ3v) is 5.39. The van der Waals surface area contributed by atoms with Crippen LogP contribution < -0.4 is 5.32 Å². The first-order valence-electron chi connectivity index (χ1n) is 8.98. The van der Waals surface area contributed by atoms with Crippen LogP contribution in [-0.2, 0) is 11.2 Å². The third kappa shape index (κ3) is 4.65. The summed E-state index contributed by atoms with van der Waals surface area (Å²) in [5, 5.41) is 21.9. The van der Waals surface area contributed by atoms with E-state index in [1.165, 1.54) is 12.5 Å². The van der Waals surface area contributed by atoms with Gasteiger partial charge < -0.3 is 15.5 Å². The quantitative estimate of drug-likeness (QED) is 0.717. The van der Waals surface area contributed by atoms with Crippen molar-refractivity contribution in [2.75, 3.05) is 6.54 Å². The van der Waals surface area contributed by atoms with Crippen LogP contribution in [0.3, 0.4) is 0 Å². The number of amides is 1.